The fourth-order valence-electron chi connectivity index (χ4n) is 2.29. The third kappa shape index (κ3) is 2.72. The second-order valence-corrected chi connectivity index (χ2v) is 4.90. The van der Waals surface area contributed by atoms with Crippen LogP contribution in [0.3, 0.4) is 0 Å². The lowest BCUT2D eigenvalue weighted by Crippen LogP contribution is -2.23. The molecule has 0 fully saturated rings. The van der Waals surface area contributed by atoms with Gasteiger partial charge in [0.1, 0.15) is 6.61 Å². The van der Waals surface area contributed by atoms with Crippen molar-refractivity contribution < 1.29 is 9.13 Å². The van der Waals surface area contributed by atoms with Crippen LogP contribution in [-0.4, -0.2) is 30.0 Å². The monoisotopic (exact) mass is 318 g/mol. The first-order valence-electron chi connectivity index (χ1n) is 7.03. The molecular formula is C14H15FN6O2. The van der Waals surface area contributed by atoms with Crippen LogP contribution in [0.25, 0.3) is 5.69 Å². The predicted octanol–water partition coefficient (Wildman–Crippen LogP) is 0.970. The quantitative estimate of drug-likeness (QED) is 0.757. The third-order valence-corrected chi connectivity index (χ3v) is 3.50. The Kier molecular flexibility index (Phi) is 3.92. The first-order valence-corrected chi connectivity index (χ1v) is 7.03. The minimum Gasteiger partial charge on any atom is -0.471 e. The van der Waals surface area contributed by atoms with Gasteiger partial charge in [0.2, 0.25) is 11.7 Å². The van der Waals surface area contributed by atoms with Crippen LogP contribution < -0.4 is 10.4 Å². The standard InChI is InChI=1S/C14H15FN6O2/c1-3-9-5-4-6-12(21-14(22)20(2)18-19-21)10(9)8-23-13-11(15)7-16-17-13/h4-7H,3,8H2,1-2H3,(H,16,17). The molecule has 0 aliphatic carbocycles. The average molecular weight is 318 g/mol. The lowest BCUT2D eigenvalue weighted by molar-refractivity contribution is 0.277. The molecule has 0 aliphatic heterocycles. The van der Waals surface area contributed by atoms with E-state index in [2.05, 4.69) is 20.6 Å². The first kappa shape index (κ1) is 14.9. The van der Waals surface area contributed by atoms with Gasteiger partial charge in [-0.2, -0.15) is 18.9 Å². The van der Waals surface area contributed by atoms with E-state index in [9.17, 15) is 9.18 Å². The number of ether oxygens (including phenoxy) is 1. The lowest BCUT2D eigenvalue weighted by atomic mass is 10.0. The minimum absolute atomic E-state index is 0.0478. The fourth-order valence-corrected chi connectivity index (χ4v) is 2.29. The number of nitrogens with one attached hydrogen (secondary N) is 1. The Hall–Kier alpha value is -2.97. The summed E-state index contributed by atoms with van der Waals surface area (Å²) < 4.78 is 21.2. The molecule has 0 saturated carbocycles. The molecule has 3 aromatic rings. The molecule has 2 heterocycles. The highest BCUT2D eigenvalue weighted by Gasteiger charge is 2.15. The zero-order valence-electron chi connectivity index (χ0n) is 12.7. The smallest absolute Gasteiger partial charge is 0.368 e. The number of nitrogens with zero attached hydrogens (tertiary/aromatic N) is 5. The van der Waals surface area contributed by atoms with Gasteiger partial charge in [0.15, 0.2) is 0 Å². The molecular weight excluding hydrogens is 303 g/mol. The molecule has 0 saturated heterocycles. The molecule has 0 aliphatic rings. The Bertz CT molecular complexity index is 882. The van der Waals surface area contributed by atoms with Crippen LogP contribution in [0.15, 0.2) is 29.2 Å². The molecule has 1 N–H and O–H groups in total. The van der Waals surface area contributed by atoms with Gasteiger partial charge in [0.05, 0.1) is 11.9 Å². The molecule has 9 heteroatoms. The highest BCUT2D eigenvalue weighted by atomic mass is 19.1. The van der Waals surface area contributed by atoms with Crippen LogP contribution in [0.5, 0.6) is 5.88 Å². The van der Waals surface area contributed by atoms with Gasteiger partial charge in [-0.1, -0.05) is 19.1 Å². The van der Waals surface area contributed by atoms with Gasteiger partial charge in [0, 0.05) is 12.6 Å². The molecule has 0 amide bonds. The largest absolute Gasteiger partial charge is 0.471 e. The van der Waals surface area contributed by atoms with Crippen LogP contribution in [0, 0.1) is 5.82 Å². The van der Waals surface area contributed by atoms with Crippen molar-refractivity contribution >= 4 is 0 Å². The van der Waals surface area contributed by atoms with Crippen molar-refractivity contribution in [3.8, 4) is 11.6 Å². The first-order chi connectivity index (χ1) is 11.1. The molecule has 2 aromatic heterocycles. The fraction of sp³-hybridized carbons (Fsp3) is 0.286. The number of aryl methyl sites for hydroxylation is 2. The Labute approximate surface area is 130 Å². The topological polar surface area (TPSA) is 90.6 Å². The maximum absolute atomic E-state index is 13.4. The van der Waals surface area contributed by atoms with Crippen LogP contribution in [0.1, 0.15) is 18.1 Å². The molecule has 0 radical (unpaired) electrons. The van der Waals surface area contributed by atoms with Crippen molar-refractivity contribution in [3.63, 3.8) is 0 Å². The second kappa shape index (κ2) is 6.03. The number of tetrazole rings is 1. The summed E-state index contributed by atoms with van der Waals surface area (Å²) in [7, 11) is 1.52. The molecule has 3 rings (SSSR count). The summed E-state index contributed by atoms with van der Waals surface area (Å²) in [5.74, 6) is -0.620. The zero-order chi connectivity index (χ0) is 16.4. The Morgan fingerprint density at radius 2 is 2.17 bits per heavy atom. The van der Waals surface area contributed by atoms with Crippen LogP contribution in [-0.2, 0) is 20.1 Å². The van der Waals surface area contributed by atoms with E-state index in [-0.39, 0.29) is 18.2 Å². The van der Waals surface area contributed by atoms with E-state index < -0.39 is 5.82 Å². The lowest BCUT2D eigenvalue weighted by Gasteiger charge is -2.13. The molecule has 1 aromatic carbocycles. The molecule has 23 heavy (non-hydrogen) atoms. The molecule has 120 valence electrons. The number of hydrogen-bond donors (Lipinski definition) is 1. The van der Waals surface area contributed by atoms with Gasteiger partial charge >= 0.3 is 5.69 Å². The van der Waals surface area contributed by atoms with Crippen molar-refractivity contribution in [2.75, 3.05) is 0 Å². The average Bonchev–Trinajstić information content (AvgIpc) is 3.11. The maximum Gasteiger partial charge on any atom is 0.368 e. The number of aromatic nitrogens is 6. The van der Waals surface area contributed by atoms with E-state index in [4.69, 9.17) is 4.74 Å². The van der Waals surface area contributed by atoms with Gasteiger partial charge in [-0.15, -0.1) is 0 Å². The summed E-state index contributed by atoms with van der Waals surface area (Å²) in [6, 6.07) is 5.50. The summed E-state index contributed by atoms with van der Waals surface area (Å²) in [5.41, 5.74) is 1.90. The highest BCUT2D eigenvalue weighted by molar-refractivity contribution is 5.45. The van der Waals surface area contributed by atoms with Crippen LogP contribution in [0.2, 0.25) is 0 Å². The predicted molar refractivity (Wildman–Crippen MR) is 78.9 cm³/mol. The van der Waals surface area contributed by atoms with Gasteiger partial charge in [0.25, 0.3) is 0 Å². The van der Waals surface area contributed by atoms with Crippen LogP contribution >= 0.6 is 0 Å². The van der Waals surface area contributed by atoms with E-state index >= 15 is 0 Å². The molecule has 8 nitrogen and oxygen atoms in total. The van der Waals surface area contributed by atoms with Crippen molar-refractivity contribution in [2.45, 2.75) is 20.0 Å². The summed E-state index contributed by atoms with van der Waals surface area (Å²) in [6.45, 7) is 2.06. The van der Waals surface area contributed by atoms with E-state index in [1.54, 1.807) is 6.07 Å². The van der Waals surface area contributed by atoms with E-state index in [1.165, 1.54) is 11.7 Å². The van der Waals surface area contributed by atoms with Gasteiger partial charge < -0.3 is 4.74 Å². The molecule has 0 bridgehead atoms. The number of hydrogen-bond acceptors (Lipinski definition) is 5. The molecule has 0 unspecified atom stereocenters. The summed E-state index contributed by atoms with van der Waals surface area (Å²) >= 11 is 0. The SMILES string of the molecule is CCc1cccc(-n2nnn(C)c2=O)c1COc1[nH]ncc1F. The third-order valence-electron chi connectivity index (χ3n) is 3.50. The summed E-state index contributed by atoms with van der Waals surface area (Å²) in [5, 5.41) is 13.6. The van der Waals surface area contributed by atoms with E-state index in [0.717, 1.165) is 28.4 Å². The summed E-state index contributed by atoms with van der Waals surface area (Å²) in [6.07, 6.45) is 1.77. The maximum atomic E-state index is 13.4. The van der Waals surface area contributed by atoms with Gasteiger partial charge in [-0.3, -0.25) is 0 Å². The number of aromatic amines is 1. The Morgan fingerprint density at radius 3 is 2.78 bits per heavy atom. The second-order valence-electron chi connectivity index (χ2n) is 4.90. The van der Waals surface area contributed by atoms with Gasteiger partial charge in [-0.05, 0) is 28.5 Å². The number of benzene rings is 1. The highest BCUT2D eigenvalue weighted by Crippen LogP contribution is 2.21. The Morgan fingerprint density at radius 1 is 1.35 bits per heavy atom. The summed E-state index contributed by atoms with van der Waals surface area (Å²) in [4.78, 5) is 12.1. The van der Waals surface area contributed by atoms with Crippen molar-refractivity contribution in [3.05, 3.63) is 51.8 Å². The Balaban J connectivity index is 2.02. The van der Waals surface area contributed by atoms with E-state index in [0.29, 0.717) is 5.69 Å². The molecule has 0 atom stereocenters. The van der Waals surface area contributed by atoms with Gasteiger partial charge in [-0.25, -0.2) is 9.89 Å². The number of H-pyrrole nitrogens is 1. The van der Waals surface area contributed by atoms with Crippen LogP contribution in [0.4, 0.5) is 4.39 Å². The normalized spacial score (nSPS) is 10.9. The van der Waals surface area contributed by atoms with E-state index in [1.807, 2.05) is 19.1 Å². The van der Waals surface area contributed by atoms with Crippen molar-refractivity contribution in [1.29, 1.82) is 0 Å². The number of halogens is 1. The van der Waals surface area contributed by atoms with Crippen molar-refractivity contribution in [2.24, 2.45) is 7.05 Å². The number of rotatable bonds is 5. The zero-order valence-corrected chi connectivity index (χ0v) is 12.7. The molecule has 0 spiro atoms. The minimum atomic E-state index is -0.572. The van der Waals surface area contributed by atoms with Crippen molar-refractivity contribution in [1.82, 2.24) is 30.0 Å².